The van der Waals surface area contributed by atoms with Crippen LogP contribution in [0.4, 0.5) is 5.82 Å². The van der Waals surface area contributed by atoms with Crippen LogP contribution in [0.15, 0.2) is 18.3 Å². The number of nitrogens with zero attached hydrogens (tertiary/aromatic N) is 3. The Balaban J connectivity index is 1.85. The highest BCUT2D eigenvalue weighted by atomic mass is 15.2. The van der Waals surface area contributed by atoms with Crippen molar-refractivity contribution < 1.29 is 0 Å². The van der Waals surface area contributed by atoms with Crippen LogP contribution >= 0.6 is 0 Å². The van der Waals surface area contributed by atoms with Gasteiger partial charge in [0.05, 0.1) is 0 Å². The maximum atomic E-state index is 4.36. The molecule has 20 heavy (non-hydrogen) atoms. The fourth-order valence-electron chi connectivity index (χ4n) is 2.87. The Morgan fingerprint density at radius 1 is 1.50 bits per heavy atom. The highest BCUT2D eigenvalue weighted by Crippen LogP contribution is 2.16. The number of likely N-dealkylation sites (tertiary alicyclic amines) is 1. The maximum absolute atomic E-state index is 4.36. The third-order valence-corrected chi connectivity index (χ3v) is 4.03. The third-order valence-electron chi connectivity index (χ3n) is 4.03. The number of hydrogen-bond donors (Lipinski definition) is 1. The van der Waals surface area contributed by atoms with Crippen LogP contribution in [0.25, 0.3) is 0 Å². The van der Waals surface area contributed by atoms with Gasteiger partial charge < -0.3 is 15.1 Å². The molecule has 2 rings (SSSR count). The quantitative estimate of drug-likeness (QED) is 0.829. The van der Waals surface area contributed by atoms with Crippen LogP contribution in [-0.2, 0) is 6.54 Å². The molecule has 1 N–H and O–H groups in total. The molecule has 0 saturated carbocycles. The lowest BCUT2D eigenvalue weighted by Gasteiger charge is -2.25. The molecule has 1 aliphatic heterocycles. The number of aromatic nitrogens is 1. The number of rotatable bonds is 7. The van der Waals surface area contributed by atoms with Crippen molar-refractivity contribution in [1.82, 2.24) is 14.8 Å². The lowest BCUT2D eigenvalue weighted by atomic mass is 10.2. The average molecular weight is 276 g/mol. The van der Waals surface area contributed by atoms with Crippen molar-refractivity contribution in [3.63, 3.8) is 0 Å². The first-order valence-electron chi connectivity index (χ1n) is 7.76. The van der Waals surface area contributed by atoms with Crippen LogP contribution in [0.3, 0.4) is 0 Å². The fraction of sp³-hybridized carbons (Fsp3) is 0.688. The van der Waals surface area contributed by atoms with Gasteiger partial charge in [-0.2, -0.15) is 0 Å². The van der Waals surface area contributed by atoms with E-state index in [1.54, 1.807) is 0 Å². The van der Waals surface area contributed by atoms with Crippen LogP contribution in [0.5, 0.6) is 0 Å². The summed E-state index contributed by atoms with van der Waals surface area (Å²) in [5, 5.41) is 3.35. The van der Waals surface area contributed by atoms with Crippen LogP contribution in [0, 0.1) is 0 Å². The van der Waals surface area contributed by atoms with E-state index >= 15 is 0 Å². The summed E-state index contributed by atoms with van der Waals surface area (Å²) in [6.45, 7) is 6.55. The van der Waals surface area contributed by atoms with E-state index in [0.29, 0.717) is 0 Å². The molecule has 1 aromatic rings. The molecule has 4 nitrogen and oxygen atoms in total. The van der Waals surface area contributed by atoms with Gasteiger partial charge in [0.15, 0.2) is 0 Å². The molecule has 1 unspecified atom stereocenters. The number of hydrogen-bond acceptors (Lipinski definition) is 4. The summed E-state index contributed by atoms with van der Waals surface area (Å²) in [6.07, 6.45) is 5.71. The molecule has 0 aromatic carbocycles. The third kappa shape index (κ3) is 4.46. The Bertz CT molecular complexity index is 407. The minimum Gasteiger partial charge on any atom is -0.370 e. The first kappa shape index (κ1) is 15.3. The molecule has 0 aliphatic carbocycles. The predicted molar refractivity (Wildman–Crippen MR) is 85.0 cm³/mol. The van der Waals surface area contributed by atoms with Crippen molar-refractivity contribution in [2.75, 3.05) is 39.0 Å². The maximum Gasteiger partial charge on any atom is 0.126 e. The zero-order valence-electron chi connectivity index (χ0n) is 13.1. The van der Waals surface area contributed by atoms with Crippen molar-refractivity contribution in [2.24, 2.45) is 0 Å². The van der Waals surface area contributed by atoms with Gasteiger partial charge in [-0.05, 0) is 57.6 Å². The first-order valence-corrected chi connectivity index (χ1v) is 7.76. The first-order chi connectivity index (χ1) is 9.69. The molecule has 0 amide bonds. The molecule has 112 valence electrons. The molecule has 1 fully saturated rings. The summed E-state index contributed by atoms with van der Waals surface area (Å²) in [5.74, 6) is 0.996. The van der Waals surface area contributed by atoms with Crippen LogP contribution in [0.2, 0.25) is 0 Å². The standard InChI is InChI=1S/C16H28N4/c1-4-8-17-16-11-14(7-9-18-16)12-19(2)13-15-6-5-10-20(15)3/h7,9,11,15H,4-6,8,10,12-13H2,1-3H3,(H,17,18). The Morgan fingerprint density at radius 3 is 3.05 bits per heavy atom. The number of anilines is 1. The van der Waals surface area contributed by atoms with Crippen molar-refractivity contribution in [1.29, 1.82) is 0 Å². The van der Waals surface area contributed by atoms with Gasteiger partial charge in [0, 0.05) is 31.9 Å². The SMILES string of the molecule is CCCNc1cc(CN(C)CC2CCCN2C)ccn1. The lowest BCUT2D eigenvalue weighted by molar-refractivity contribution is 0.215. The molecule has 2 heterocycles. The Hall–Kier alpha value is -1.13. The van der Waals surface area contributed by atoms with Crippen molar-refractivity contribution >= 4 is 5.82 Å². The molecule has 1 aliphatic rings. The van der Waals surface area contributed by atoms with Gasteiger partial charge in [-0.15, -0.1) is 0 Å². The van der Waals surface area contributed by atoms with E-state index in [1.165, 1.54) is 24.9 Å². The molecule has 1 aromatic heterocycles. The normalized spacial score (nSPS) is 19.7. The van der Waals surface area contributed by atoms with Crippen LogP contribution in [0.1, 0.15) is 31.7 Å². The van der Waals surface area contributed by atoms with Gasteiger partial charge in [-0.25, -0.2) is 4.98 Å². The molecule has 0 radical (unpaired) electrons. The van der Waals surface area contributed by atoms with E-state index in [4.69, 9.17) is 0 Å². The van der Waals surface area contributed by atoms with Gasteiger partial charge in [-0.3, -0.25) is 0 Å². The van der Waals surface area contributed by atoms with Crippen molar-refractivity contribution in [3.05, 3.63) is 23.9 Å². The topological polar surface area (TPSA) is 31.4 Å². The van der Waals surface area contributed by atoms with E-state index in [0.717, 1.165) is 37.9 Å². The van der Waals surface area contributed by atoms with Crippen molar-refractivity contribution in [2.45, 2.75) is 38.8 Å². The zero-order valence-corrected chi connectivity index (χ0v) is 13.1. The van der Waals surface area contributed by atoms with Crippen LogP contribution < -0.4 is 5.32 Å². The zero-order chi connectivity index (χ0) is 14.4. The summed E-state index contributed by atoms with van der Waals surface area (Å²) in [4.78, 5) is 9.27. The van der Waals surface area contributed by atoms with E-state index < -0.39 is 0 Å². The Kier molecular flexibility index (Phi) is 5.80. The molecule has 0 spiro atoms. The van der Waals surface area contributed by atoms with E-state index in [9.17, 15) is 0 Å². The molecule has 1 saturated heterocycles. The summed E-state index contributed by atoms with van der Waals surface area (Å²) in [7, 11) is 4.45. The molecular formula is C16H28N4. The Labute approximate surface area is 123 Å². The Morgan fingerprint density at radius 2 is 2.35 bits per heavy atom. The molecule has 4 heteroatoms. The second-order valence-corrected chi connectivity index (χ2v) is 5.95. The molecule has 1 atom stereocenters. The minimum atomic E-state index is 0.722. The lowest BCUT2D eigenvalue weighted by Crippen LogP contribution is -2.36. The smallest absolute Gasteiger partial charge is 0.126 e. The monoisotopic (exact) mass is 276 g/mol. The summed E-state index contributed by atoms with van der Waals surface area (Å²) in [6, 6.07) is 5.01. The second-order valence-electron chi connectivity index (χ2n) is 5.95. The number of nitrogens with one attached hydrogen (secondary N) is 1. The minimum absolute atomic E-state index is 0.722. The van der Waals surface area contributed by atoms with Gasteiger partial charge in [0.25, 0.3) is 0 Å². The summed E-state index contributed by atoms with van der Waals surface area (Å²) < 4.78 is 0. The van der Waals surface area contributed by atoms with Crippen LogP contribution in [-0.4, -0.2) is 54.6 Å². The summed E-state index contributed by atoms with van der Waals surface area (Å²) in [5.41, 5.74) is 1.33. The van der Waals surface area contributed by atoms with Gasteiger partial charge >= 0.3 is 0 Å². The summed E-state index contributed by atoms with van der Waals surface area (Å²) >= 11 is 0. The second kappa shape index (κ2) is 7.60. The highest BCUT2D eigenvalue weighted by Gasteiger charge is 2.21. The molecule has 0 bridgehead atoms. The fourth-order valence-corrected chi connectivity index (χ4v) is 2.87. The van der Waals surface area contributed by atoms with E-state index in [2.05, 4.69) is 53.3 Å². The van der Waals surface area contributed by atoms with Gasteiger partial charge in [-0.1, -0.05) is 6.92 Å². The number of likely N-dealkylation sites (N-methyl/N-ethyl adjacent to an activating group) is 2. The van der Waals surface area contributed by atoms with E-state index in [1.807, 2.05) is 6.20 Å². The highest BCUT2D eigenvalue weighted by molar-refractivity contribution is 5.37. The van der Waals surface area contributed by atoms with Gasteiger partial charge in [0.2, 0.25) is 0 Å². The van der Waals surface area contributed by atoms with E-state index in [-0.39, 0.29) is 0 Å². The molecular weight excluding hydrogens is 248 g/mol. The van der Waals surface area contributed by atoms with Crippen molar-refractivity contribution in [3.8, 4) is 0 Å². The largest absolute Gasteiger partial charge is 0.370 e. The average Bonchev–Trinajstić information content (AvgIpc) is 2.82. The predicted octanol–water partition coefficient (Wildman–Crippen LogP) is 2.43. The van der Waals surface area contributed by atoms with Gasteiger partial charge in [0.1, 0.15) is 5.82 Å². The number of pyridine rings is 1.